The fourth-order valence-electron chi connectivity index (χ4n) is 2.40. The molecule has 5 heteroatoms. The summed E-state index contributed by atoms with van der Waals surface area (Å²) in [5.74, 6) is -1.74. The molecular weight excluding hydrogens is 290 g/mol. The Morgan fingerprint density at radius 3 is 2.38 bits per heavy atom. The highest BCUT2D eigenvalue weighted by Gasteiger charge is 2.13. The normalized spacial score (nSPS) is 11.2. The number of nitrogens with zero attached hydrogens (tertiary/aromatic N) is 1. The van der Waals surface area contributed by atoms with Crippen LogP contribution >= 0.6 is 12.2 Å². The van der Waals surface area contributed by atoms with Crippen LogP contribution in [-0.2, 0) is 13.0 Å². The molecule has 2 aromatic carbocycles. The van der Waals surface area contributed by atoms with E-state index < -0.39 is 11.6 Å². The number of aryl methyl sites for hydroxylation is 1. The molecule has 1 heterocycles. The minimum Gasteiger partial charge on any atom is -0.330 e. The number of hydrogen-bond acceptors (Lipinski definition) is 1. The van der Waals surface area contributed by atoms with Gasteiger partial charge < -0.3 is 9.55 Å². The van der Waals surface area contributed by atoms with Gasteiger partial charge >= 0.3 is 0 Å². The first-order valence-corrected chi connectivity index (χ1v) is 7.15. The zero-order chi connectivity index (χ0) is 15.0. The van der Waals surface area contributed by atoms with Crippen LogP contribution in [0.4, 0.5) is 8.78 Å². The molecule has 108 valence electrons. The number of aromatic amines is 1. The Labute approximate surface area is 126 Å². The summed E-state index contributed by atoms with van der Waals surface area (Å²) in [6.45, 7) is 2.49. The van der Waals surface area contributed by atoms with Gasteiger partial charge in [-0.3, -0.25) is 0 Å². The maximum atomic E-state index is 14.0. The third-order valence-corrected chi connectivity index (χ3v) is 3.92. The lowest BCUT2D eigenvalue weighted by Gasteiger charge is -2.07. The van der Waals surface area contributed by atoms with Crippen LogP contribution in [0.25, 0.3) is 11.0 Å². The van der Waals surface area contributed by atoms with E-state index in [-0.39, 0.29) is 5.52 Å². The molecule has 0 unspecified atom stereocenters. The van der Waals surface area contributed by atoms with E-state index in [1.807, 2.05) is 24.3 Å². The van der Waals surface area contributed by atoms with E-state index in [1.165, 1.54) is 11.6 Å². The van der Waals surface area contributed by atoms with Gasteiger partial charge in [0.25, 0.3) is 0 Å². The topological polar surface area (TPSA) is 20.7 Å². The lowest BCUT2D eigenvalue weighted by molar-refractivity contribution is 0.512. The van der Waals surface area contributed by atoms with Crippen molar-refractivity contribution in [3.05, 3.63) is 63.9 Å². The zero-order valence-electron chi connectivity index (χ0n) is 11.5. The highest BCUT2D eigenvalue weighted by Crippen LogP contribution is 2.21. The van der Waals surface area contributed by atoms with Gasteiger partial charge in [-0.1, -0.05) is 31.2 Å². The van der Waals surface area contributed by atoms with Crippen LogP contribution in [0.15, 0.2) is 36.4 Å². The summed E-state index contributed by atoms with van der Waals surface area (Å²) in [4.78, 5) is 2.91. The van der Waals surface area contributed by atoms with Gasteiger partial charge in [-0.05, 0) is 41.9 Å². The van der Waals surface area contributed by atoms with Gasteiger partial charge in [0, 0.05) is 0 Å². The van der Waals surface area contributed by atoms with E-state index >= 15 is 0 Å². The predicted octanol–water partition coefficient (Wildman–Crippen LogP) is 4.59. The minimum absolute atomic E-state index is 0.180. The monoisotopic (exact) mass is 304 g/mol. The van der Waals surface area contributed by atoms with Crippen LogP contribution in [0.5, 0.6) is 0 Å². The lowest BCUT2D eigenvalue weighted by Crippen LogP contribution is -2.02. The molecular formula is C16H14F2N2S. The van der Waals surface area contributed by atoms with E-state index in [0.29, 0.717) is 16.8 Å². The van der Waals surface area contributed by atoms with Gasteiger partial charge in [0.1, 0.15) is 5.52 Å². The van der Waals surface area contributed by atoms with Crippen LogP contribution in [0.1, 0.15) is 18.1 Å². The summed E-state index contributed by atoms with van der Waals surface area (Å²) in [6.07, 6.45) is 0.965. The molecule has 2 nitrogen and oxygen atoms in total. The molecule has 3 aromatic rings. The Morgan fingerprint density at radius 2 is 1.71 bits per heavy atom. The zero-order valence-corrected chi connectivity index (χ0v) is 12.3. The first-order valence-electron chi connectivity index (χ1n) is 6.74. The van der Waals surface area contributed by atoms with Crippen molar-refractivity contribution < 1.29 is 8.78 Å². The molecule has 0 fully saturated rings. The van der Waals surface area contributed by atoms with E-state index in [1.54, 1.807) is 4.57 Å². The van der Waals surface area contributed by atoms with E-state index in [4.69, 9.17) is 12.2 Å². The first-order chi connectivity index (χ1) is 10.1. The molecule has 0 spiro atoms. The van der Waals surface area contributed by atoms with Crippen molar-refractivity contribution in [2.24, 2.45) is 0 Å². The number of benzene rings is 2. The van der Waals surface area contributed by atoms with Crippen LogP contribution in [0.3, 0.4) is 0 Å². The minimum atomic E-state index is -0.870. The highest BCUT2D eigenvalue weighted by atomic mass is 32.1. The molecule has 0 bridgehead atoms. The fourth-order valence-corrected chi connectivity index (χ4v) is 2.67. The molecule has 21 heavy (non-hydrogen) atoms. The number of hydrogen-bond donors (Lipinski definition) is 1. The largest absolute Gasteiger partial charge is 0.330 e. The maximum absolute atomic E-state index is 14.0. The summed E-state index contributed by atoms with van der Waals surface area (Å²) in [7, 11) is 0. The second kappa shape index (κ2) is 5.41. The van der Waals surface area contributed by atoms with Crippen LogP contribution < -0.4 is 0 Å². The van der Waals surface area contributed by atoms with Gasteiger partial charge in [-0.15, -0.1) is 0 Å². The Kier molecular flexibility index (Phi) is 3.59. The standard InChI is InChI=1S/C16H14F2N2S/c1-2-10-3-5-11(6-4-10)9-20-15-13(19-16(20)21)8-7-12(17)14(15)18/h3-8H,2,9H2,1H3,(H,19,21). The van der Waals surface area contributed by atoms with Crippen molar-refractivity contribution in [2.45, 2.75) is 19.9 Å². The Hall–Kier alpha value is -2.01. The van der Waals surface area contributed by atoms with Crippen molar-refractivity contribution in [1.29, 1.82) is 0 Å². The smallest absolute Gasteiger partial charge is 0.184 e. The van der Waals surface area contributed by atoms with E-state index in [0.717, 1.165) is 18.1 Å². The van der Waals surface area contributed by atoms with Crippen molar-refractivity contribution >= 4 is 23.3 Å². The van der Waals surface area contributed by atoms with Gasteiger partial charge in [0.05, 0.1) is 12.1 Å². The Bertz CT molecular complexity index is 847. The first kappa shape index (κ1) is 13.9. The van der Waals surface area contributed by atoms with Gasteiger partial charge in [-0.2, -0.15) is 0 Å². The summed E-state index contributed by atoms with van der Waals surface area (Å²) >= 11 is 5.22. The van der Waals surface area contributed by atoms with Gasteiger partial charge in [0.15, 0.2) is 16.4 Å². The van der Waals surface area contributed by atoms with Crippen molar-refractivity contribution in [2.75, 3.05) is 0 Å². The molecule has 0 amide bonds. The number of halogens is 2. The Balaban J connectivity index is 2.09. The summed E-state index contributed by atoms with van der Waals surface area (Å²) in [5, 5.41) is 0. The number of imidazole rings is 1. The third-order valence-electron chi connectivity index (χ3n) is 3.60. The second-order valence-corrected chi connectivity index (χ2v) is 5.33. The van der Waals surface area contributed by atoms with Gasteiger partial charge in [-0.25, -0.2) is 8.78 Å². The average Bonchev–Trinajstić information content (AvgIpc) is 2.81. The number of rotatable bonds is 3. The molecule has 0 aliphatic rings. The summed E-state index contributed by atoms with van der Waals surface area (Å²) in [6, 6.07) is 10.6. The quantitative estimate of drug-likeness (QED) is 0.702. The fraction of sp³-hybridized carbons (Fsp3) is 0.188. The van der Waals surface area contributed by atoms with E-state index in [2.05, 4.69) is 11.9 Å². The summed E-state index contributed by atoms with van der Waals surface area (Å²) < 4.78 is 29.4. The molecule has 0 radical (unpaired) electrons. The van der Waals surface area contributed by atoms with Crippen molar-refractivity contribution in [1.82, 2.24) is 9.55 Å². The second-order valence-electron chi connectivity index (χ2n) is 4.94. The average molecular weight is 304 g/mol. The van der Waals surface area contributed by atoms with Crippen LogP contribution in [-0.4, -0.2) is 9.55 Å². The third kappa shape index (κ3) is 2.49. The molecule has 0 aliphatic carbocycles. The van der Waals surface area contributed by atoms with E-state index in [9.17, 15) is 8.78 Å². The summed E-state index contributed by atoms with van der Waals surface area (Å²) in [5.41, 5.74) is 2.91. The molecule has 0 saturated heterocycles. The molecule has 0 aliphatic heterocycles. The molecule has 0 saturated carbocycles. The van der Waals surface area contributed by atoms with Crippen LogP contribution in [0.2, 0.25) is 0 Å². The number of nitrogens with one attached hydrogen (secondary N) is 1. The van der Waals surface area contributed by atoms with Crippen molar-refractivity contribution in [3.8, 4) is 0 Å². The Morgan fingerprint density at radius 1 is 1.05 bits per heavy atom. The molecule has 3 rings (SSSR count). The lowest BCUT2D eigenvalue weighted by atomic mass is 10.1. The predicted molar refractivity (Wildman–Crippen MR) is 82.0 cm³/mol. The molecule has 0 atom stereocenters. The number of aromatic nitrogens is 2. The highest BCUT2D eigenvalue weighted by molar-refractivity contribution is 7.71. The molecule has 1 aromatic heterocycles. The van der Waals surface area contributed by atoms with Crippen LogP contribution in [0, 0.1) is 16.4 Å². The maximum Gasteiger partial charge on any atom is 0.184 e. The molecule has 1 N–H and O–H groups in total. The SMILES string of the molecule is CCc1ccc(Cn2c(=S)[nH]c3ccc(F)c(F)c32)cc1. The number of fused-ring (bicyclic) bond motifs is 1. The number of H-pyrrole nitrogens is 1. The van der Waals surface area contributed by atoms with Gasteiger partial charge in [0.2, 0.25) is 0 Å². The van der Waals surface area contributed by atoms with Crippen molar-refractivity contribution in [3.63, 3.8) is 0 Å².